The van der Waals surface area contributed by atoms with Gasteiger partial charge in [0, 0.05) is 31.6 Å². The quantitative estimate of drug-likeness (QED) is 0.701. The van der Waals surface area contributed by atoms with E-state index in [0.29, 0.717) is 37.8 Å². The fraction of sp³-hybridized carbons (Fsp3) is 0.368. The molecule has 0 aliphatic carbocycles. The van der Waals surface area contributed by atoms with Crippen molar-refractivity contribution in [3.05, 3.63) is 46.4 Å². The lowest BCUT2D eigenvalue weighted by Crippen LogP contribution is -2.40. The van der Waals surface area contributed by atoms with Crippen molar-refractivity contribution in [3.8, 4) is 11.9 Å². The molecule has 0 radical (unpaired) electrons. The van der Waals surface area contributed by atoms with E-state index >= 15 is 0 Å². The van der Waals surface area contributed by atoms with Crippen molar-refractivity contribution in [2.24, 2.45) is 7.05 Å². The molecule has 0 N–H and O–H groups in total. The van der Waals surface area contributed by atoms with Gasteiger partial charge in [-0.15, -0.1) is 5.10 Å². The molecule has 0 spiro atoms. The standard InChI is InChI=1S/C19H20N6O2/c1-13(11-20)14-3-4-15-12-21-25(16(15)9-14)18-10-17(19(26)23(2)22-18)24-5-7-27-8-6-24/h3-4,9-10,12-13H,5-8H2,1-2H3. The van der Waals surface area contributed by atoms with E-state index in [1.54, 1.807) is 24.0 Å². The second-order valence-electron chi connectivity index (χ2n) is 6.64. The number of ether oxygens (including phenoxy) is 1. The highest BCUT2D eigenvalue weighted by molar-refractivity contribution is 5.81. The van der Waals surface area contributed by atoms with Gasteiger partial charge in [-0.05, 0) is 18.6 Å². The first-order valence-corrected chi connectivity index (χ1v) is 8.87. The van der Waals surface area contributed by atoms with Crippen LogP contribution in [0, 0.1) is 11.3 Å². The summed E-state index contributed by atoms with van der Waals surface area (Å²) in [6.45, 7) is 4.40. The molecule has 3 heterocycles. The van der Waals surface area contributed by atoms with Crippen LogP contribution in [0.5, 0.6) is 0 Å². The highest BCUT2D eigenvalue weighted by Crippen LogP contribution is 2.24. The number of morpholine rings is 1. The monoisotopic (exact) mass is 364 g/mol. The molecule has 0 amide bonds. The van der Waals surface area contributed by atoms with Crippen LogP contribution < -0.4 is 10.5 Å². The van der Waals surface area contributed by atoms with Gasteiger partial charge in [-0.1, -0.05) is 12.1 Å². The number of hydrogen-bond acceptors (Lipinski definition) is 6. The summed E-state index contributed by atoms with van der Waals surface area (Å²) in [5, 5.41) is 19.0. The van der Waals surface area contributed by atoms with Crippen LogP contribution >= 0.6 is 0 Å². The Labute approximate surface area is 156 Å². The topological polar surface area (TPSA) is 89.0 Å². The predicted octanol–water partition coefficient (Wildman–Crippen LogP) is 1.58. The Balaban J connectivity index is 1.85. The van der Waals surface area contributed by atoms with Crippen LogP contribution in [-0.2, 0) is 11.8 Å². The van der Waals surface area contributed by atoms with Crippen LogP contribution in [0.2, 0.25) is 0 Å². The molecule has 1 atom stereocenters. The van der Waals surface area contributed by atoms with Gasteiger partial charge in [0.1, 0.15) is 5.69 Å². The summed E-state index contributed by atoms with van der Waals surface area (Å²) in [6, 6.07) is 9.88. The average molecular weight is 364 g/mol. The molecule has 0 bridgehead atoms. The Hall–Kier alpha value is -3.18. The number of rotatable bonds is 3. The zero-order valence-corrected chi connectivity index (χ0v) is 15.3. The van der Waals surface area contributed by atoms with E-state index < -0.39 is 0 Å². The van der Waals surface area contributed by atoms with Gasteiger partial charge in [0.25, 0.3) is 5.56 Å². The SMILES string of the molecule is CC(C#N)c1ccc2cnn(-c3cc(N4CCOCC4)c(=O)n(C)n3)c2c1. The summed E-state index contributed by atoms with van der Waals surface area (Å²) in [6.07, 6.45) is 1.76. The van der Waals surface area contributed by atoms with Gasteiger partial charge in [0.05, 0.1) is 36.9 Å². The van der Waals surface area contributed by atoms with E-state index in [1.165, 1.54) is 4.68 Å². The summed E-state index contributed by atoms with van der Waals surface area (Å²) >= 11 is 0. The Kier molecular flexibility index (Phi) is 4.38. The summed E-state index contributed by atoms with van der Waals surface area (Å²) < 4.78 is 8.44. The normalized spacial score (nSPS) is 15.7. The summed E-state index contributed by atoms with van der Waals surface area (Å²) in [5.74, 6) is 0.352. The molecule has 2 aromatic heterocycles. The second kappa shape index (κ2) is 6.85. The summed E-state index contributed by atoms with van der Waals surface area (Å²) in [7, 11) is 1.64. The highest BCUT2D eigenvalue weighted by Gasteiger charge is 2.18. The molecule has 3 aromatic rings. The van der Waals surface area contributed by atoms with E-state index in [2.05, 4.69) is 16.3 Å². The molecule has 138 valence electrons. The first-order chi connectivity index (χ1) is 13.1. The Morgan fingerprint density at radius 1 is 1.26 bits per heavy atom. The first kappa shape index (κ1) is 17.2. The van der Waals surface area contributed by atoms with Gasteiger partial charge in [-0.2, -0.15) is 10.4 Å². The van der Waals surface area contributed by atoms with Gasteiger partial charge in [-0.25, -0.2) is 9.36 Å². The van der Waals surface area contributed by atoms with Crippen LogP contribution in [0.3, 0.4) is 0 Å². The fourth-order valence-electron chi connectivity index (χ4n) is 3.27. The molecule has 0 saturated carbocycles. The third-order valence-corrected chi connectivity index (χ3v) is 4.89. The van der Waals surface area contributed by atoms with Crippen LogP contribution in [0.15, 0.2) is 35.3 Å². The van der Waals surface area contributed by atoms with Gasteiger partial charge in [-0.3, -0.25) is 4.79 Å². The molecule has 1 fully saturated rings. The van der Waals surface area contributed by atoms with Crippen molar-refractivity contribution in [2.45, 2.75) is 12.8 Å². The minimum Gasteiger partial charge on any atom is -0.378 e. The van der Waals surface area contributed by atoms with Gasteiger partial charge >= 0.3 is 0 Å². The minimum absolute atomic E-state index is 0.143. The van der Waals surface area contributed by atoms with Gasteiger partial charge in [0.2, 0.25) is 0 Å². The number of benzene rings is 1. The lowest BCUT2D eigenvalue weighted by Gasteiger charge is -2.28. The molecule has 1 unspecified atom stereocenters. The number of nitriles is 1. The number of aryl methyl sites for hydroxylation is 1. The molecule has 8 heteroatoms. The average Bonchev–Trinajstić information content (AvgIpc) is 3.13. The Morgan fingerprint density at radius 2 is 2.04 bits per heavy atom. The van der Waals surface area contributed by atoms with E-state index in [0.717, 1.165) is 16.5 Å². The fourth-order valence-corrected chi connectivity index (χ4v) is 3.27. The van der Waals surface area contributed by atoms with Crippen molar-refractivity contribution in [3.63, 3.8) is 0 Å². The molecule has 4 rings (SSSR count). The molecule has 1 aromatic carbocycles. The van der Waals surface area contributed by atoms with Crippen LogP contribution in [-0.4, -0.2) is 45.9 Å². The van der Waals surface area contributed by atoms with E-state index in [4.69, 9.17) is 4.74 Å². The first-order valence-electron chi connectivity index (χ1n) is 8.87. The minimum atomic E-state index is -0.213. The van der Waals surface area contributed by atoms with Gasteiger partial charge < -0.3 is 9.64 Å². The van der Waals surface area contributed by atoms with Crippen molar-refractivity contribution in [1.82, 2.24) is 19.6 Å². The molecule has 1 aliphatic rings. The predicted molar refractivity (Wildman–Crippen MR) is 101 cm³/mol. The number of anilines is 1. The largest absolute Gasteiger partial charge is 0.378 e. The molecular weight excluding hydrogens is 344 g/mol. The number of nitrogens with zero attached hydrogens (tertiary/aromatic N) is 6. The molecule has 1 aliphatic heterocycles. The van der Waals surface area contributed by atoms with Gasteiger partial charge in [0.15, 0.2) is 5.82 Å². The Bertz CT molecular complexity index is 1090. The Morgan fingerprint density at radius 3 is 2.78 bits per heavy atom. The van der Waals surface area contributed by atoms with Crippen molar-refractivity contribution >= 4 is 16.6 Å². The van der Waals surface area contributed by atoms with Crippen LogP contribution in [0.1, 0.15) is 18.4 Å². The van der Waals surface area contributed by atoms with E-state index in [9.17, 15) is 10.1 Å². The molecule has 8 nitrogen and oxygen atoms in total. The maximum Gasteiger partial charge on any atom is 0.290 e. The third-order valence-electron chi connectivity index (χ3n) is 4.89. The highest BCUT2D eigenvalue weighted by atomic mass is 16.5. The maximum atomic E-state index is 12.6. The lowest BCUT2D eigenvalue weighted by atomic mass is 10.0. The van der Waals surface area contributed by atoms with Crippen molar-refractivity contribution in [2.75, 3.05) is 31.2 Å². The zero-order valence-electron chi connectivity index (χ0n) is 15.3. The van der Waals surface area contributed by atoms with Crippen LogP contribution in [0.25, 0.3) is 16.7 Å². The van der Waals surface area contributed by atoms with E-state index in [1.807, 2.05) is 30.0 Å². The summed E-state index contributed by atoms with van der Waals surface area (Å²) in [5.41, 5.74) is 2.23. The molecule has 27 heavy (non-hydrogen) atoms. The third kappa shape index (κ3) is 3.06. The van der Waals surface area contributed by atoms with Crippen molar-refractivity contribution < 1.29 is 4.74 Å². The summed E-state index contributed by atoms with van der Waals surface area (Å²) in [4.78, 5) is 14.6. The smallest absolute Gasteiger partial charge is 0.290 e. The maximum absolute atomic E-state index is 12.6. The zero-order chi connectivity index (χ0) is 19.0. The number of hydrogen-bond donors (Lipinski definition) is 0. The van der Waals surface area contributed by atoms with E-state index in [-0.39, 0.29) is 11.5 Å². The molecular formula is C19H20N6O2. The second-order valence-corrected chi connectivity index (χ2v) is 6.64. The van der Waals surface area contributed by atoms with Crippen molar-refractivity contribution in [1.29, 1.82) is 5.26 Å². The van der Waals surface area contributed by atoms with Crippen LogP contribution in [0.4, 0.5) is 5.69 Å². The number of aromatic nitrogens is 4. The molecule has 1 saturated heterocycles. The number of fused-ring (bicyclic) bond motifs is 1. The lowest BCUT2D eigenvalue weighted by molar-refractivity contribution is 0.122.